The summed E-state index contributed by atoms with van der Waals surface area (Å²) < 4.78 is 63.9. The van der Waals surface area contributed by atoms with Crippen molar-refractivity contribution in [1.82, 2.24) is 0 Å². The lowest BCUT2D eigenvalue weighted by atomic mass is 10.2. The third kappa shape index (κ3) is 38.6. The molecule has 0 aromatic carbocycles. The highest BCUT2D eigenvalue weighted by Crippen LogP contribution is 2.00. The molecule has 0 aliphatic heterocycles. The number of unbranched alkanes of at least 4 members (excludes halogenated alkanes) is 2. The van der Waals surface area contributed by atoms with E-state index in [1.807, 2.05) is 0 Å². The maximum absolute atomic E-state index is 11.4. The fourth-order valence-corrected chi connectivity index (χ4v) is 3.13. The molecule has 0 amide bonds. The molecular weight excluding hydrogens is 584 g/mol. The molecule has 0 bridgehead atoms. The summed E-state index contributed by atoms with van der Waals surface area (Å²) in [5.74, 6) is -0.476. The van der Waals surface area contributed by atoms with Crippen LogP contribution in [-0.4, -0.2) is 157 Å². The molecule has 44 heavy (non-hydrogen) atoms. The molecule has 0 aliphatic carbocycles. The Morgan fingerprint density at radius 1 is 0.364 bits per heavy atom. The zero-order valence-corrected chi connectivity index (χ0v) is 27.1. The highest BCUT2D eigenvalue weighted by molar-refractivity contribution is 5.69. The first-order chi connectivity index (χ1) is 21.7. The van der Waals surface area contributed by atoms with Crippen LogP contribution in [0.15, 0.2) is 0 Å². The molecule has 14 nitrogen and oxygen atoms in total. The summed E-state index contributed by atoms with van der Waals surface area (Å²) in [5, 5.41) is 0. The van der Waals surface area contributed by atoms with Crippen molar-refractivity contribution in [3.8, 4) is 0 Å². The second-order valence-corrected chi connectivity index (χ2v) is 9.14. The van der Waals surface area contributed by atoms with Gasteiger partial charge in [-0.1, -0.05) is 19.8 Å². The van der Waals surface area contributed by atoms with Crippen molar-refractivity contribution in [3.05, 3.63) is 0 Å². The predicted molar refractivity (Wildman–Crippen MR) is 160 cm³/mol. The smallest absolute Gasteiger partial charge is 0.305 e. The first-order valence-electron chi connectivity index (χ1n) is 15.7. The van der Waals surface area contributed by atoms with Crippen molar-refractivity contribution in [3.63, 3.8) is 0 Å². The maximum atomic E-state index is 11.4. The SMILES string of the molecule is CCCCCC(=O)OCCOCCOCCOCCOCCOCCOCCOCCOCCOCCOCCOC(C)=O. The molecule has 0 fully saturated rings. The molecule has 0 saturated carbocycles. The second kappa shape index (κ2) is 37.7. The van der Waals surface area contributed by atoms with E-state index in [1.54, 1.807) is 0 Å². The van der Waals surface area contributed by atoms with Crippen LogP contribution in [0.25, 0.3) is 0 Å². The standard InChI is InChI=1S/C30H58O14/c1-3-4-5-6-30(32)44-28-26-42-24-22-40-20-18-38-16-14-36-12-10-34-8-7-33-9-11-35-13-15-37-17-19-39-21-23-41-25-27-43-29(2)31/h3-28H2,1-2H3. The van der Waals surface area contributed by atoms with Crippen molar-refractivity contribution in [1.29, 1.82) is 0 Å². The summed E-state index contributed by atoms with van der Waals surface area (Å²) in [5.41, 5.74) is 0. The van der Waals surface area contributed by atoms with Crippen molar-refractivity contribution in [2.24, 2.45) is 0 Å². The summed E-state index contributed by atoms with van der Waals surface area (Å²) in [6, 6.07) is 0. The van der Waals surface area contributed by atoms with Gasteiger partial charge in [-0.25, -0.2) is 0 Å². The predicted octanol–water partition coefficient (Wildman–Crippen LogP) is 1.84. The molecule has 0 radical (unpaired) electrons. The molecule has 0 saturated heterocycles. The Kier molecular flexibility index (Phi) is 36.5. The summed E-state index contributed by atoms with van der Waals surface area (Å²) in [4.78, 5) is 22.0. The fraction of sp³-hybridized carbons (Fsp3) is 0.933. The molecule has 14 heteroatoms. The van der Waals surface area contributed by atoms with Gasteiger partial charge in [-0.05, 0) is 6.42 Å². The van der Waals surface area contributed by atoms with Gasteiger partial charge in [0.15, 0.2) is 0 Å². The van der Waals surface area contributed by atoms with Crippen LogP contribution in [0, 0.1) is 0 Å². The van der Waals surface area contributed by atoms with Crippen LogP contribution in [-0.2, 0) is 66.4 Å². The van der Waals surface area contributed by atoms with Gasteiger partial charge in [0, 0.05) is 13.3 Å². The average molecular weight is 643 g/mol. The minimum Gasteiger partial charge on any atom is -0.463 e. The lowest BCUT2D eigenvalue weighted by molar-refractivity contribution is -0.145. The van der Waals surface area contributed by atoms with Crippen LogP contribution < -0.4 is 0 Å². The van der Waals surface area contributed by atoms with Crippen molar-refractivity contribution < 1.29 is 66.4 Å². The van der Waals surface area contributed by atoms with Crippen LogP contribution in [0.3, 0.4) is 0 Å². The van der Waals surface area contributed by atoms with Gasteiger partial charge in [0.05, 0.1) is 132 Å². The van der Waals surface area contributed by atoms with E-state index < -0.39 is 0 Å². The van der Waals surface area contributed by atoms with E-state index in [4.69, 9.17) is 56.8 Å². The highest BCUT2D eigenvalue weighted by Gasteiger charge is 2.02. The Hall–Kier alpha value is -1.46. The normalized spacial score (nSPS) is 11.2. The number of carbonyl (C=O) groups is 2. The molecule has 0 heterocycles. The highest BCUT2D eigenvalue weighted by atomic mass is 16.6. The fourth-order valence-electron chi connectivity index (χ4n) is 3.13. The number of esters is 2. The minimum absolute atomic E-state index is 0.163. The largest absolute Gasteiger partial charge is 0.463 e. The summed E-state index contributed by atoms with van der Waals surface area (Å²) in [6.45, 7) is 13.4. The van der Waals surface area contributed by atoms with Crippen molar-refractivity contribution in [2.45, 2.75) is 39.5 Å². The second-order valence-electron chi connectivity index (χ2n) is 9.14. The van der Waals surface area contributed by atoms with E-state index in [2.05, 4.69) is 6.92 Å². The van der Waals surface area contributed by atoms with E-state index in [9.17, 15) is 9.59 Å². The molecule has 0 rings (SSSR count). The van der Waals surface area contributed by atoms with Crippen LogP contribution in [0.4, 0.5) is 0 Å². The number of hydrogen-bond donors (Lipinski definition) is 0. The van der Waals surface area contributed by atoms with Gasteiger partial charge in [-0.15, -0.1) is 0 Å². The van der Waals surface area contributed by atoms with Crippen LogP contribution in [0.1, 0.15) is 39.5 Å². The monoisotopic (exact) mass is 642 g/mol. The Labute approximate surface area is 263 Å². The Morgan fingerprint density at radius 3 is 0.864 bits per heavy atom. The first-order valence-corrected chi connectivity index (χ1v) is 15.7. The lowest BCUT2D eigenvalue weighted by Crippen LogP contribution is -2.15. The zero-order chi connectivity index (χ0) is 32.0. The zero-order valence-electron chi connectivity index (χ0n) is 27.1. The van der Waals surface area contributed by atoms with E-state index in [-0.39, 0.29) is 25.2 Å². The number of rotatable bonds is 37. The quantitative estimate of drug-likeness (QED) is 0.0718. The maximum Gasteiger partial charge on any atom is 0.305 e. The molecular formula is C30H58O14. The molecule has 0 N–H and O–H groups in total. The summed E-state index contributed by atoms with van der Waals surface area (Å²) in [6.07, 6.45) is 3.48. The Bertz CT molecular complexity index is 596. The van der Waals surface area contributed by atoms with Crippen molar-refractivity contribution >= 4 is 11.9 Å². The summed E-state index contributed by atoms with van der Waals surface area (Å²) >= 11 is 0. The van der Waals surface area contributed by atoms with Gasteiger partial charge in [-0.2, -0.15) is 0 Å². The van der Waals surface area contributed by atoms with E-state index in [0.29, 0.717) is 139 Å². The minimum atomic E-state index is -0.313. The molecule has 0 unspecified atom stereocenters. The number of carbonyl (C=O) groups excluding carboxylic acids is 2. The van der Waals surface area contributed by atoms with E-state index >= 15 is 0 Å². The third-order valence-corrected chi connectivity index (χ3v) is 5.36. The first kappa shape index (κ1) is 42.5. The van der Waals surface area contributed by atoms with Crippen molar-refractivity contribution in [2.75, 3.05) is 145 Å². The molecule has 262 valence electrons. The third-order valence-electron chi connectivity index (χ3n) is 5.36. The Morgan fingerprint density at radius 2 is 0.614 bits per heavy atom. The van der Waals surface area contributed by atoms with Gasteiger partial charge < -0.3 is 56.8 Å². The van der Waals surface area contributed by atoms with Crippen LogP contribution in [0.5, 0.6) is 0 Å². The van der Waals surface area contributed by atoms with Gasteiger partial charge in [0.25, 0.3) is 0 Å². The molecule has 0 aliphatic rings. The van der Waals surface area contributed by atoms with Gasteiger partial charge in [0.1, 0.15) is 13.2 Å². The molecule has 0 spiro atoms. The van der Waals surface area contributed by atoms with Gasteiger partial charge in [-0.3, -0.25) is 9.59 Å². The molecule has 0 aromatic heterocycles. The van der Waals surface area contributed by atoms with E-state index in [0.717, 1.165) is 19.3 Å². The number of hydrogen-bond acceptors (Lipinski definition) is 14. The van der Waals surface area contributed by atoms with E-state index in [1.165, 1.54) is 6.92 Å². The Balaban J connectivity index is 3.08. The van der Waals surface area contributed by atoms with Crippen LogP contribution in [0.2, 0.25) is 0 Å². The lowest BCUT2D eigenvalue weighted by Gasteiger charge is -2.09. The van der Waals surface area contributed by atoms with Crippen LogP contribution >= 0.6 is 0 Å². The van der Waals surface area contributed by atoms with Gasteiger partial charge >= 0.3 is 11.9 Å². The number of ether oxygens (including phenoxy) is 12. The molecule has 0 aromatic rings. The average Bonchev–Trinajstić information content (AvgIpc) is 3.01. The summed E-state index contributed by atoms with van der Waals surface area (Å²) in [7, 11) is 0. The van der Waals surface area contributed by atoms with Gasteiger partial charge in [0.2, 0.25) is 0 Å². The topological polar surface area (TPSA) is 145 Å². The molecule has 0 atom stereocenters.